The predicted octanol–water partition coefficient (Wildman–Crippen LogP) is -0.262. The number of H-pyrrole nitrogens is 1. The molecule has 0 fully saturated rings. The van der Waals surface area contributed by atoms with E-state index < -0.39 is 29.6 Å². The number of allylic oxidation sites excluding steroid dienone is 2. The lowest BCUT2D eigenvalue weighted by Crippen LogP contribution is -2.35. The van der Waals surface area contributed by atoms with E-state index in [1.807, 2.05) is 17.1 Å². The third kappa shape index (κ3) is 3.33. The molecule has 0 saturated carbocycles. The molecular formula is C14H17N3O5. The van der Waals surface area contributed by atoms with Crippen LogP contribution in [0.15, 0.2) is 21.7 Å². The SMILES string of the molecule is Cn1c(N)c(C(=O)COC(=O)C[C@H]2C=CCC2)c(=O)[nH]c1=O. The van der Waals surface area contributed by atoms with E-state index in [1.54, 1.807) is 0 Å². The van der Waals surface area contributed by atoms with Gasteiger partial charge in [0.25, 0.3) is 5.56 Å². The Morgan fingerprint density at radius 2 is 2.18 bits per heavy atom. The molecule has 1 aromatic rings. The van der Waals surface area contributed by atoms with Gasteiger partial charge in [0.2, 0.25) is 5.78 Å². The van der Waals surface area contributed by atoms with Crippen molar-refractivity contribution >= 4 is 17.6 Å². The van der Waals surface area contributed by atoms with Crippen molar-refractivity contribution in [1.29, 1.82) is 0 Å². The van der Waals surface area contributed by atoms with Gasteiger partial charge in [0.05, 0.1) is 6.42 Å². The maximum absolute atomic E-state index is 12.0. The topological polar surface area (TPSA) is 124 Å². The van der Waals surface area contributed by atoms with Crippen LogP contribution in [0.1, 0.15) is 29.6 Å². The number of hydrogen-bond donors (Lipinski definition) is 2. The molecule has 3 N–H and O–H groups in total. The molecule has 1 aromatic heterocycles. The van der Waals surface area contributed by atoms with Crippen molar-refractivity contribution < 1.29 is 14.3 Å². The third-order valence-electron chi connectivity index (χ3n) is 3.55. The second-order valence-electron chi connectivity index (χ2n) is 5.13. The summed E-state index contributed by atoms with van der Waals surface area (Å²) in [7, 11) is 1.32. The first-order valence-electron chi connectivity index (χ1n) is 6.84. The largest absolute Gasteiger partial charge is 0.457 e. The van der Waals surface area contributed by atoms with Crippen molar-refractivity contribution in [3.8, 4) is 0 Å². The highest BCUT2D eigenvalue weighted by molar-refractivity contribution is 6.01. The summed E-state index contributed by atoms with van der Waals surface area (Å²) in [4.78, 5) is 48.6. The Kier molecular flexibility index (Phi) is 4.59. The molecule has 0 spiro atoms. The van der Waals surface area contributed by atoms with E-state index in [2.05, 4.69) is 0 Å². The minimum absolute atomic E-state index is 0.133. The molecular weight excluding hydrogens is 290 g/mol. The Hall–Kier alpha value is -2.64. The van der Waals surface area contributed by atoms with Crippen molar-refractivity contribution in [3.63, 3.8) is 0 Å². The highest BCUT2D eigenvalue weighted by atomic mass is 16.5. The molecule has 1 atom stereocenters. The molecule has 8 heteroatoms. The van der Waals surface area contributed by atoms with Crippen LogP contribution in [0, 0.1) is 5.92 Å². The number of ketones is 1. The lowest BCUT2D eigenvalue weighted by atomic mass is 10.1. The molecule has 0 aromatic carbocycles. The summed E-state index contributed by atoms with van der Waals surface area (Å²) in [6, 6.07) is 0. The zero-order chi connectivity index (χ0) is 16.3. The first-order valence-corrected chi connectivity index (χ1v) is 6.84. The fourth-order valence-electron chi connectivity index (χ4n) is 2.26. The van der Waals surface area contributed by atoms with E-state index in [0.29, 0.717) is 0 Å². The van der Waals surface area contributed by atoms with Crippen molar-refractivity contribution in [2.45, 2.75) is 19.3 Å². The molecule has 0 aliphatic heterocycles. The first kappa shape index (κ1) is 15.7. The molecule has 0 bridgehead atoms. The summed E-state index contributed by atoms with van der Waals surface area (Å²) in [6.45, 7) is -0.583. The Morgan fingerprint density at radius 1 is 1.45 bits per heavy atom. The Balaban J connectivity index is 2.02. The minimum Gasteiger partial charge on any atom is -0.457 e. The zero-order valence-electron chi connectivity index (χ0n) is 12.1. The summed E-state index contributed by atoms with van der Waals surface area (Å²) in [6.07, 6.45) is 5.95. The average molecular weight is 307 g/mol. The number of anilines is 1. The lowest BCUT2D eigenvalue weighted by molar-refractivity contribution is -0.143. The number of nitrogens with two attached hydrogens (primary N) is 1. The van der Waals surface area contributed by atoms with Crippen molar-refractivity contribution in [1.82, 2.24) is 9.55 Å². The number of aromatic amines is 1. The Bertz CT molecular complexity index is 744. The number of carbonyl (C=O) groups excluding carboxylic acids is 2. The van der Waals surface area contributed by atoms with E-state index >= 15 is 0 Å². The molecule has 0 amide bonds. The zero-order valence-corrected chi connectivity index (χ0v) is 12.1. The molecule has 0 radical (unpaired) electrons. The Morgan fingerprint density at radius 3 is 2.82 bits per heavy atom. The van der Waals surface area contributed by atoms with E-state index in [4.69, 9.17) is 10.5 Å². The molecule has 0 unspecified atom stereocenters. The Labute approximate surface area is 125 Å². The maximum Gasteiger partial charge on any atom is 0.329 e. The van der Waals surface area contributed by atoms with Crippen LogP contribution in [0.3, 0.4) is 0 Å². The number of aromatic nitrogens is 2. The third-order valence-corrected chi connectivity index (χ3v) is 3.55. The van der Waals surface area contributed by atoms with Crippen molar-refractivity contribution in [2.75, 3.05) is 12.3 Å². The summed E-state index contributed by atoms with van der Waals surface area (Å²) in [5, 5.41) is 0. The molecule has 1 heterocycles. The first-order chi connectivity index (χ1) is 10.4. The molecule has 1 aliphatic carbocycles. The van der Waals surface area contributed by atoms with Gasteiger partial charge in [-0.05, 0) is 18.8 Å². The van der Waals surface area contributed by atoms with Crippen LogP contribution >= 0.6 is 0 Å². The van der Waals surface area contributed by atoms with Crippen LogP contribution < -0.4 is 17.0 Å². The van der Waals surface area contributed by atoms with Gasteiger partial charge in [0.15, 0.2) is 6.61 Å². The quantitative estimate of drug-likeness (QED) is 0.438. The normalized spacial score (nSPS) is 16.7. The summed E-state index contributed by atoms with van der Waals surface area (Å²) in [5.41, 5.74) is 3.61. The second kappa shape index (κ2) is 6.42. The average Bonchev–Trinajstić information content (AvgIpc) is 2.95. The standard InChI is InChI=1S/C14H17N3O5/c1-17-12(15)11(13(20)16-14(17)21)9(18)7-22-10(19)6-8-4-2-3-5-8/h2,4,8H,3,5-7,15H2,1H3,(H,16,20,21)/t8-/m0/s1. The maximum atomic E-state index is 12.0. The highest BCUT2D eigenvalue weighted by Gasteiger charge is 2.21. The van der Waals surface area contributed by atoms with Gasteiger partial charge in [0.1, 0.15) is 11.4 Å². The van der Waals surface area contributed by atoms with E-state index in [-0.39, 0.29) is 23.7 Å². The second-order valence-corrected chi connectivity index (χ2v) is 5.13. The van der Waals surface area contributed by atoms with Crippen molar-refractivity contribution in [2.24, 2.45) is 13.0 Å². The number of ether oxygens (including phenoxy) is 1. The lowest BCUT2D eigenvalue weighted by Gasteiger charge is -2.09. The number of nitrogen functional groups attached to an aromatic ring is 1. The van der Waals surface area contributed by atoms with Crippen LogP contribution in [-0.4, -0.2) is 27.9 Å². The monoisotopic (exact) mass is 307 g/mol. The number of Topliss-reactive ketones (excluding diaryl/α,β-unsaturated/α-hetero) is 1. The van der Waals surface area contributed by atoms with Crippen LogP contribution in [0.2, 0.25) is 0 Å². The summed E-state index contributed by atoms with van der Waals surface area (Å²) in [5.74, 6) is -1.38. The fourth-order valence-corrected chi connectivity index (χ4v) is 2.26. The van der Waals surface area contributed by atoms with Gasteiger partial charge in [0, 0.05) is 7.05 Å². The van der Waals surface area contributed by atoms with Gasteiger partial charge in [-0.1, -0.05) is 12.2 Å². The molecule has 118 valence electrons. The molecule has 2 rings (SSSR count). The minimum atomic E-state index is -0.889. The number of carbonyl (C=O) groups is 2. The smallest absolute Gasteiger partial charge is 0.329 e. The van der Waals surface area contributed by atoms with Crippen molar-refractivity contribution in [3.05, 3.63) is 38.6 Å². The molecule has 8 nitrogen and oxygen atoms in total. The van der Waals surface area contributed by atoms with Gasteiger partial charge < -0.3 is 10.5 Å². The van der Waals surface area contributed by atoms with Gasteiger partial charge in [-0.2, -0.15) is 0 Å². The number of esters is 1. The molecule has 22 heavy (non-hydrogen) atoms. The number of hydrogen-bond acceptors (Lipinski definition) is 6. The highest BCUT2D eigenvalue weighted by Crippen LogP contribution is 2.20. The number of nitrogens with one attached hydrogen (secondary N) is 1. The van der Waals surface area contributed by atoms with Gasteiger partial charge >= 0.3 is 11.7 Å². The van der Waals surface area contributed by atoms with Crippen LogP contribution in [0.4, 0.5) is 5.82 Å². The summed E-state index contributed by atoms with van der Waals surface area (Å²) < 4.78 is 5.83. The van der Waals surface area contributed by atoms with E-state index in [1.165, 1.54) is 7.05 Å². The van der Waals surface area contributed by atoms with Gasteiger partial charge in [-0.15, -0.1) is 0 Å². The van der Waals surface area contributed by atoms with Crippen LogP contribution in [-0.2, 0) is 16.6 Å². The predicted molar refractivity (Wildman–Crippen MR) is 78.5 cm³/mol. The number of rotatable bonds is 5. The van der Waals surface area contributed by atoms with Crippen LogP contribution in [0.5, 0.6) is 0 Å². The van der Waals surface area contributed by atoms with Gasteiger partial charge in [-0.3, -0.25) is 23.9 Å². The molecule has 0 saturated heterocycles. The molecule has 1 aliphatic rings. The van der Waals surface area contributed by atoms with Gasteiger partial charge in [-0.25, -0.2) is 4.79 Å². The van der Waals surface area contributed by atoms with E-state index in [9.17, 15) is 19.2 Å². The number of nitrogens with zero attached hydrogens (tertiary/aromatic N) is 1. The summed E-state index contributed by atoms with van der Waals surface area (Å²) >= 11 is 0. The van der Waals surface area contributed by atoms with E-state index in [0.717, 1.165) is 17.4 Å². The van der Waals surface area contributed by atoms with Crippen LogP contribution in [0.25, 0.3) is 0 Å². The fraction of sp³-hybridized carbons (Fsp3) is 0.429.